The largest absolute Gasteiger partial charge is 1.00 e. The molecular weight excluding hydrogens is 618 g/mol. The molecule has 0 saturated carbocycles. The third-order valence-electron chi connectivity index (χ3n) is 4.83. The SMILES string of the molecule is CC.C[n+]1ccc(/C=C/c2ccc3cc(/C=C/c4cc[n+](C)cc4)ccc3c2)cc1.I.[I-]. The van der Waals surface area contributed by atoms with Crippen LogP contribution in [-0.4, -0.2) is 0 Å². The second-order valence-electron chi connectivity index (χ2n) is 7.13. The first-order valence-electron chi connectivity index (χ1n) is 10.5. The Morgan fingerprint density at radius 2 is 0.812 bits per heavy atom. The van der Waals surface area contributed by atoms with E-state index in [9.17, 15) is 0 Å². The van der Waals surface area contributed by atoms with Gasteiger partial charge in [0.05, 0.1) is 0 Å². The normalized spacial score (nSPS) is 10.4. The van der Waals surface area contributed by atoms with Gasteiger partial charge in [-0.25, -0.2) is 9.13 Å². The molecule has 0 aliphatic carbocycles. The van der Waals surface area contributed by atoms with E-state index in [-0.39, 0.29) is 48.0 Å². The van der Waals surface area contributed by atoms with E-state index in [1.165, 1.54) is 33.0 Å². The highest BCUT2D eigenvalue weighted by Crippen LogP contribution is 2.20. The van der Waals surface area contributed by atoms with Gasteiger partial charge in [0.15, 0.2) is 24.8 Å². The predicted molar refractivity (Wildman–Crippen MR) is 144 cm³/mol. The first-order valence-corrected chi connectivity index (χ1v) is 10.5. The minimum atomic E-state index is 0. The standard InChI is InChI=1S/C26H24N2.C2H6.2HI/c1-27-15-11-21(12-16-27)3-5-23-7-9-26-20-24(8-10-25(26)19-23)6-4-22-13-17-28(2)18-14-22;1-2;;/h3-20H,1-2H3;1-2H3;2*1H/q+2;;;/p-1/b5-3+,6-4+;;;. The number of fused-ring (bicyclic) bond motifs is 1. The van der Waals surface area contributed by atoms with Gasteiger partial charge < -0.3 is 24.0 Å². The van der Waals surface area contributed by atoms with Crippen molar-refractivity contribution in [1.82, 2.24) is 0 Å². The van der Waals surface area contributed by atoms with Gasteiger partial charge in [0.1, 0.15) is 14.1 Å². The lowest BCUT2D eigenvalue weighted by Gasteiger charge is -2.02. The molecule has 4 rings (SSSR count). The highest BCUT2D eigenvalue weighted by molar-refractivity contribution is 14.0. The molecule has 4 heteroatoms. The van der Waals surface area contributed by atoms with E-state index in [2.05, 4.69) is 110 Å². The van der Waals surface area contributed by atoms with Crippen molar-refractivity contribution in [2.24, 2.45) is 14.1 Å². The van der Waals surface area contributed by atoms with Gasteiger partial charge in [0.25, 0.3) is 0 Å². The number of aromatic nitrogens is 2. The Morgan fingerprint density at radius 3 is 1.16 bits per heavy atom. The second-order valence-corrected chi connectivity index (χ2v) is 7.13. The fourth-order valence-electron chi connectivity index (χ4n) is 3.12. The van der Waals surface area contributed by atoms with Crippen LogP contribution in [0.15, 0.2) is 85.5 Å². The number of rotatable bonds is 4. The Morgan fingerprint density at radius 1 is 0.500 bits per heavy atom. The highest BCUT2D eigenvalue weighted by Gasteiger charge is 1.98. The number of hydrogen-bond acceptors (Lipinski definition) is 0. The summed E-state index contributed by atoms with van der Waals surface area (Å²) < 4.78 is 4.08. The van der Waals surface area contributed by atoms with Crippen molar-refractivity contribution in [2.75, 3.05) is 0 Å². The van der Waals surface area contributed by atoms with Crippen molar-refractivity contribution in [3.05, 3.63) is 108 Å². The first-order chi connectivity index (χ1) is 14.7. The second kappa shape index (κ2) is 14.2. The molecule has 2 aromatic heterocycles. The molecule has 0 atom stereocenters. The van der Waals surface area contributed by atoms with Crippen molar-refractivity contribution in [3.63, 3.8) is 0 Å². The van der Waals surface area contributed by atoms with Crippen LogP contribution in [0.3, 0.4) is 0 Å². The van der Waals surface area contributed by atoms with Crippen LogP contribution < -0.4 is 33.1 Å². The van der Waals surface area contributed by atoms with Gasteiger partial charge in [-0.3, -0.25) is 0 Å². The summed E-state index contributed by atoms with van der Waals surface area (Å²) in [6.45, 7) is 4.00. The fraction of sp³-hybridized carbons (Fsp3) is 0.143. The molecule has 4 aromatic rings. The van der Waals surface area contributed by atoms with E-state index < -0.39 is 0 Å². The van der Waals surface area contributed by atoms with Crippen LogP contribution in [0, 0.1) is 0 Å². The monoisotopic (exact) mass is 649 g/mol. The zero-order chi connectivity index (χ0) is 21.3. The summed E-state index contributed by atoms with van der Waals surface area (Å²) in [5.74, 6) is 0. The van der Waals surface area contributed by atoms with Gasteiger partial charge in [-0.2, -0.15) is 0 Å². The molecule has 0 radical (unpaired) electrons. The van der Waals surface area contributed by atoms with Crippen LogP contribution >= 0.6 is 24.0 Å². The smallest absolute Gasteiger partial charge is 0.169 e. The van der Waals surface area contributed by atoms with E-state index >= 15 is 0 Å². The van der Waals surface area contributed by atoms with E-state index in [0.717, 1.165) is 0 Å². The zero-order valence-electron chi connectivity index (χ0n) is 19.1. The maximum Gasteiger partial charge on any atom is 0.169 e. The Balaban J connectivity index is 0.00000125. The average molecular weight is 649 g/mol. The summed E-state index contributed by atoms with van der Waals surface area (Å²) in [5, 5.41) is 2.51. The molecule has 2 aromatic carbocycles. The van der Waals surface area contributed by atoms with Crippen LogP contribution in [0.25, 0.3) is 35.1 Å². The molecule has 0 amide bonds. The number of benzene rings is 2. The Bertz CT molecular complexity index is 1070. The number of hydrogen-bond donors (Lipinski definition) is 0. The van der Waals surface area contributed by atoms with Crippen molar-refractivity contribution >= 4 is 59.1 Å². The molecule has 0 fully saturated rings. The van der Waals surface area contributed by atoms with E-state index in [1.807, 2.05) is 37.1 Å². The molecule has 32 heavy (non-hydrogen) atoms. The Kier molecular flexibility index (Phi) is 12.4. The van der Waals surface area contributed by atoms with Crippen LogP contribution in [-0.2, 0) is 14.1 Å². The molecule has 0 N–H and O–H groups in total. The molecule has 2 nitrogen and oxygen atoms in total. The molecule has 0 unspecified atom stereocenters. The first kappa shape index (κ1) is 28.0. The third-order valence-corrected chi connectivity index (χ3v) is 4.83. The number of aryl methyl sites for hydroxylation is 2. The Hall–Kier alpha value is -2.06. The fourth-order valence-corrected chi connectivity index (χ4v) is 3.12. The Labute approximate surface area is 226 Å². The molecule has 0 spiro atoms. The minimum Gasteiger partial charge on any atom is -1.00 e. The number of pyridine rings is 2. The number of halogens is 2. The van der Waals surface area contributed by atoms with Crippen molar-refractivity contribution in [1.29, 1.82) is 0 Å². The summed E-state index contributed by atoms with van der Waals surface area (Å²) >= 11 is 0. The lowest BCUT2D eigenvalue weighted by molar-refractivity contribution is -0.671. The molecule has 166 valence electrons. The van der Waals surface area contributed by atoms with E-state index in [1.54, 1.807) is 0 Å². The van der Waals surface area contributed by atoms with Gasteiger partial charge in [-0.05, 0) is 45.2 Å². The summed E-state index contributed by atoms with van der Waals surface area (Å²) in [4.78, 5) is 0. The lowest BCUT2D eigenvalue weighted by Crippen LogP contribution is -3.00. The maximum atomic E-state index is 2.24. The molecule has 2 heterocycles. The van der Waals surface area contributed by atoms with Crippen LogP contribution in [0.2, 0.25) is 0 Å². The van der Waals surface area contributed by atoms with Crippen LogP contribution in [0.5, 0.6) is 0 Å². The highest BCUT2D eigenvalue weighted by atomic mass is 127. The van der Waals surface area contributed by atoms with Crippen LogP contribution in [0.4, 0.5) is 0 Å². The molecule has 0 aliphatic heterocycles. The van der Waals surface area contributed by atoms with Gasteiger partial charge in [0.2, 0.25) is 0 Å². The maximum absolute atomic E-state index is 2.24. The van der Waals surface area contributed by atoms with Crippen molar-refractivity contribution in [2.45, 2.75) is 13.8 Å². The quantitative estimate of drug-likeness (QED) is 0.237. The average Bonchev–Trinajstić information content (AvgIpc) is 2.79. The lowest BCUT2D eigenvalue weighted by atomic mass is 10.0. The summed E-state index contributed by atoms with van der Waals surface area (Å²) in [6.07, 6.45) is 16.9. The van der Waals surface area contributed by atoms with E-state index in [4.69, 9.17) is 0 Å². The predicted octanol–water partition coefficient (Wildman–Crippen LogP) is 3.48. The zero-order valence-corrected chi connectivity index (χ0v) is 23.6. The molecule has 0 saturated heterocycles. The topological polar surface area (TPSA) is 7.76 Å². The van der Waals surface area contributed by atoms with Crippen molar-refractivity contribution < 1.29 is 33.1 Å². The number of nitrogens with zero attached hydrogens (tertiary/aromatic N) is 2. The van der Waals surface area contributed by atoms with Gasteiger partial charge >= 0.3 is 0 Å². The summed E-state index contributed by atoms with van der Waals surface area (Å²) in [5.41, 5.74) is 4.82. The minimum absolute atomic E-state index is 0. The van der Waals surface area contributed by atoms with Crippen molar-refractivity contribution in [3.8, 4) is 0 Å². The van der Waals surface area contributed by atoms with Gasteiger partial charge in [-0.15, -0.1) is 24.0 Å². The summed E-state index contributed by atoms with van der Waals surface area (Å²) in [7, 11) is 4.06. The van der Waals surface area contributed by atoms with E-state index in [0.29, 0.717) is 0 Å². The molecule has 0 aliphatic rings. The summed E-state index contributed by atoms with van der Waals surface area (Å²) in [6, 6.07) is 21.7. The molecule has 0 bridgehead atoms. The van der Waals surface area contributed by atoms with Gasteiger partial charge in [-0.1, -0.05) is 62.4 Å². The van der Waals surface area contributed by atoms with Crippen LogP contribution in [0.1, 0.15) is 36.1 Å². The molecular formula is C28H31I2N2+. The third kappa shape index (κ3) is 8.13. The van der Waals surface area contributed by atoms with Gasteiger partial charge in [0, 0.05) is 24.3 Å².